The van der Waals surface area contributed by atoms with Crippen molar-refractivity contribution in [3.63, 3.8) is 0 Å². The smallest absolute Gasteiger partial charge is 0.363 e. The molecule has 0 amide bonds. The van der Waals surface area contributed by atoms with Crippen LogP contribution in [0.3, 0.4) is 0 Å². The maximum absolute atomic E-state index is 12.3. The monoisotopic (exact) mass is 398 g/mol. The second-order valence-corrected chi connectivity index (χ2v) is 5.93. The van der Waals surface area contributed by atoms with Gasteiger partial charge >= 0.3 is 5.97 Å². The van der Waals surface area contributed by atoms with Gasteiger partial charge in [0.15, 0.2) is 28.7 Å². The molecule has 0 bridgehead atoms. The quantitative estimate of drug-likeness (QED) is 0.326. The van der Waals surface area contributed by atoms with Crippen LogP contribution in [0.1, 0.15) is 11.1 Å². The molecular weight excluding hydrogens is 384 g/mol. The first-order valence-electron chi connectivity index (χ1n) is 8.33. The molecule has 4 rings (SSSR count). The van der Waals surface area contributed by atoms with E-state index in [0.29, 0.717) is 17.1 Å². The van der Waals surface area contributed by atoms with Gasteiger partial charge in [-0.05, 0) is 30.3 Å². The number of aliphatic imine (C=N–C) groups is 1. The molecule has 0 aromatic heterocycles. The minimum Gasteiger partial charge on any atom is -0.493 e. The Kier molecular flexibility index (Phi) is 4.51. The lowest BCUT2D eigenvalue weighted by Crippen LogP contribution is -2.05. The van der Waals surface area contributed by atoms with Crippen molar-refractivity contribution >= 4 is 23.6 Å². The molecule has 0 aliphatic carbocycles. The summed E-state index contributed by atoms with van der Waals surface area (Å²) in [5.41, 5.74) is 0.269. The van der Waals surface area contributed by atoms with Gasteiger partial charge in [0.05, 0.1) is 30.8 Å². The van der Waals surface area contributed by atoms with Gasteiger partial charge in [0.2, 0.25) is 12.7 Å². The largest absolute Gasteiger partial charge is 0.493 e. The highest BCUT2D eigenvalue weighted by molar-refractivity contribution is 6.13. The van der Waals surface area contributed by atoms with Crippen LogP contribution < -0.4 is 18.9 Å². The van der Waals surface area contributed by atoms with Crippen molar-refractivity contribution in [1.82, 2.24) is 0 Å². The number of cyclic esters (lactones) is 1. The fourth-order valence-electron chi connectivity index (χ4n) is 2.87. The van der Waals surface area contributed by atoms with E-state index in [2.05, 4.69) is 4.99 Å². The Morgan fingerprint density at radius 2 is 1.83 bits per heavy atom. The third-order valence-electron chi connectivity index (χ3n) is 4.26. The summed E-state index contributed by atoms with van der Waals surface area (Å²) in [5.74, 6) is 0.880. The number of hydrogen-bond acceptors (Lipinski definition) is 9. The molecule has 2 aliphatic rings. The zero-order chi connectivity index (χ0) is 20.5. The number of nitro benzene ring substituents is 1. The number of esters is 1. The topological polar surface area (TPSA) is 119 Å². The molecular formula is C19H14N2O8. The van der Waals surface area contributed by atoms with E-state index in [4.69, 9.17) is 23.7 Å². The number of benzene rings is 2. The number of nitrogens with zero attached hydrogens (tertiary/aromatic N) is 2. The number of carbonyl (C=O) groups is 1. The molecule has 0 unspecified atom stereocenters. The summed E-state index contributed by atoms with van der Waals surface area (Å²) in [4.78, 5) is 27.3. The van der Waals surface area contributed by atoms with Gasteiger partial charge in [-0.2, -0.15) is 0 Å². The Morgan fingerprint density at radius 1 is 1.10 bits per heavy atom. The van der Waals surface area contributed by atoms with Gasteiger partial charge in [-0.15, -0.1) is 0 Å². The van der Waals surface area contributed by atoms with Crippen LogP contribution in [0.5, 0.6) is 23.0 Å². The van der Waals surface area contributed by atoms with Crippen molar-refractivity contribution in [3.8, 4) is 23.0 Å². The van der Waals surface area contributed by atoms with Gasteiger partial charge in [-0.25, -0.2) is 9.79 Å². The second kappa shape index (κ2) is 7.15. The Labute approximate surface area is 164 Å². The highest BCUT2D eigenvalue weighted by Crippen LogP contribution is 2.37. The van der Waals surface area contributed by atoms with Gasteiger partial charge in [0.25, 0.3) is 5.69 Å². The van der Waals surface area contributed by atoms with Gasteiger partial charge < -0.3 is 23.7 Å². The molecule has 148 valence electrons. The minimum atomic E-state index is -0.734. The summed E-state index contributed by atoms with van der Waals surface area (Å²) < 4.78 is 26.0. The van der Waals surface area contributed by atoms with Crippen molar-refractivity contribution in [2.75, 3.05) is 21.0 Å². The van der Waals surface area contributed by atoms with Gasteiger partial charge in [0.1, 0.15) is 0 Å². The summed E-state index contributed by atoms with van der Waals surface area (Å²) in [5, 5.41) is 11.4. The molecule has 0 atom stereocenters. The zero-order valence-corrected chi connectivity index (χ0v) is 15.3. The molecule has 0 spiro atoms. The Bertz CT molecular complexity index is 1090. The van der Waals surface area contributed by atoms with E-state index in [-0.39, 0.29) is 41.1 Å². The predicted octanol–water partition coefficient (Wildman–Crippen LogP) is 2.69. The Morgan fingerprint density at radius 3 is 2.55 bits per heavy atom. The number of nitro groups is 1. The molecule has 0 saturated heterocycles. The summed E-state index contributed by atoms with van der Waals surface area (Å²) in [6, 6.07) is 7.59. The Hall–Kier alpha value is -4.08. The maximum atomic E-state index is 12.3. The highest BCUT2D eigenvalue weighted by Gasteiger charge is 2.27. The van der Waals surface area contributed by atoms with E-state index in [1.807, 2.05) is 0 Å². The van der Waals surface area contributed by atoms with Gasteiger partial charge in [-0.1, -0.05) is 0 Å². The van der Waals surface area contributed by atoms with Crippen LogP contribution in [0.25, 0.3) is 6.08 Å². The number of ether oxygens (including phenoxy) is 5. The van der Waals surface area contributed by atoms with Crippen LogP contribution in [0.15, 0.2) is 41.0 Å². The van der Waals surface area contributed by atoms with E-state index in [1.165, 1.54) is 32.4 Å². The number of fused-ring (bicyclic) bond motifs is 1. The molecule has 2 aliphatic heterocycles. The summed E-state index contributed by atoms with van der Waals surface area (Å²) in [6.07, 6.45) is 1.27. The van der Waals surface area contributed by atoms with E-state index in [9.17, 15) is 14.9 Å². The van der Waals surface area contributed by atoms with Crippen LogP contribution in [0, 0.1) is 10.1 Å². The summed E-state index contributed by atoms with van der Waals surface area (Å²) >= 11 is 0. The van der Waals surface area contributed by atoms with E-state index in [1.54, 1.807) is 18.2 Å². The molecule has 2 aromatic carbocycles. The summed E-state index contributed by atoms with van der Waals surface area (Å²) in [6.45, 7) is 0.110. The molecule has 2 aromatic rings. The zero-order valence-electron chi connectivity index (χ0n) is 15.3. The summed E-state index contributed by atoms with van der Waals surface area (Å²) in [7, 11) is 2.77. The minimum absolute atomic E-state index is 0.0580. The van der Waals surface area contributed by atoms with Crippen LogP contribution in [0.2, 0.25) is 0 Å². The van der Waals surface area contributed by atoms with Crippen LogP contribution in [-0.2, 0) is 9.53 Å². The van der Waals surface area contributed by atoms with Crippen molar-refractivity contribution in [1.29, 1.82) is 0 Å². The highest BCUT2D eigenvalue weighted by atomic mass is 16.7. The average Bonchev–Trinajstić information content (AvgIpc) is 3.33. The first-order chi connectivity index (χ1) is 14.0. The molecule has 0 radical (unpaired) electrons. The maximum Gasteiger partial charge on any atom is 0.363 e. The molecule has 10 heteroatoms. The van der Waals surface area contributed by atoms with E-state index in [0.717, 1.165) is 0 Å². The third kappa shape index (κ3) is 3.31. The molecule has 2 heterocycles. The van der Waals surface area contributed by atoms with Crippen molar-refractivity contribution < 1.29 is 33.4 Å². The fraction of sp³-hybridized carbons (Fsp3) is 0.158. The lowest BCUT2D eigenvalue weighted by Gasteiger charge is -2.08. The average molecular weight is 398 g/mol. The third-order valence-corrected chi connectivity index (χ3v) is 4.26. The number of rotatable bonds is 5. The van der Waals surface area contributed by atoms with Crippen molar-refractivity contribution in [2.45, 2.75) is 0 Å². The Balaban J connectivity index is 1.74. The normalized spacial score (nSPS) is 15.9. The molecule has 0 fully saturated rings. The number of carbonyl (C=O) groups excluding carboxylic acids is 1. The van der Waals surface area contributed by atoms with Crippen LogP contribution in [-0.4, -0.2) is 37.8 Å². The molecule has 0 N–H and O–H groups in total. The van der Waals surface area contributed by atoms with Crippen molar-refractivity contribution in [2.24, 2.45) is 4.99 Å². The van der Waals surface area contributed by atoms with E-state index >= 15 is 0 Å². The van der Waals surface area contributed by atoms with Crippen LogP contribution in [0.4, 0.5) is 5.69 Å². The SMILES string of the molecule is COc1cc(/C=C2\N=C(c3ccc4c(c3)OCO4)OC2=O)c([N+](=O)[O-])cc1OC. The van der Waals surface area contributed by atoms with E-state index < -0.39 is 10.9 Å². The molecule has 0 saturated carbocycles. The first kappa shape index (κ1) is 18.3. The lowest BCUT2D eigenvalue weighted by molar-refractivity contribution is -0.385. The second-order valence-electron chi connectivity index (χ2n) is 5.93. The van der Waals surface area contributed by atoms with Gasteiger partial charge in [-0.3, -0.25) is 10.1 Å². The molecule has 10 nitrogen and oxygen atoms in total. The number of methoxy groups -OCH3 is 2. The lowest BCUT2D eigenvalue weighted by atomic mass is 10.1. The fourth-order valence-corrected chi connectivity index (χ4v) is 2.87. The first-order valence-corrected chi connectivity index (χ1v) is 8.33. The van der Waals surface area contributed by atoms with Crippen LogP contribution >= 0.6 is 0 Å². The number of hydrogen-bond donors (Lipinski definition) is 0. The standard InChI is InChI=1S/C19H14N2O8/c1-25-15-7-11(13(21(23)24)8-16(15)26-2)5-12-19(22)29-18(20-12)10-3-4-14-17(6-10)28-9-27-14/h3-8H,9H2,1-2H3/b12-5-. The molecule has 29 heavy (non-hydrogen) atoms. The van der Waals surface area contributed by atoms with Crippen molar-refractivity contribution in [3.05, 3.63) is 57.3 Å². The van der Waals surface area contributed by atoms with Gasteiger partial charge in [0, 0.05) is 5.56 Å². The predicted molar refractivity (Wildman–Crippen MR) is 99.4 cm³/mol.